The van der Waals surface area contributed by atoms with Crippen LogP contribution in [-0.4, -0.2) is 38.6 Å². The first-order chi connectivity index (χ1) is 8.56. The van der Waals surface area contributed by atoms with Gasteiger partial charge < -0.3 is 15.5 Å². The van der Waals surface area contributed by atoms with E-state index in [0.29, 0.717) is 5.69 Å². The van der Waals surface area contributed by atoms with Gasteiger partial charge in [-0.1, -0.05) is 0 Å². The summed E-state index contributed by atoms with van der Waals surface area (Å²) in [6.07, 6.45) is 2.35. The van der Waals surface area contributed by atoms with Crippen LogP contribution in [-0.2, 0) is 0 Å². The smallest absolute Gasteiger partial charge is 0.125 e. The molecule has 0 amide bonds. The second-order valence-electron chi connectivity index (χ2n) is 5.40. The number of nitrogen functional groups attached to an aromatic ring is 1. The van der Waals surface area contributed by atoms with Crippen molar-refractivity contribution in [2.24, 2.45) is 5.92 Å². The Bertz CT molecular complexity index is 398. The zero-order valence-corrected chi connectivity index (χ0v) is 11.2. The highest BCUT2D eigenvalue weighted by Crippen LogP contribution is 2.28. The van der Waals surface area contributed by atoms with Gasteiger partial charge in [0, 0.05) is 19.6 Å². The van der Waals surface area contributed by atoms with Crippen LogP contribution in [0.25, 0.3) is 0 Å². The van der Waals surface area contributed by atoms with Crippen LogP contribution in [0.4, 0.5) is 15.8 Å². The van der Waals surface area contributed by atoms with Gasteiger partial charge in [-0.2, -0.15) is 0 Å². The summed E-state index contributed by atoms with van der Waals surface area (Å²) in [6, 6.07) is 4.68. The number of hydrogen-bond donors (Lipinski definition) is 1. The molecule has 0 aliphatic carbocycles. The minimum Gasteiger partial charge on any atom is -0.397 e. The summed E-state index contributed by atoms with van der Waals surface area (Å²) < 4.78 is 13.0. The van der Waals surface area contributed by atoms with Gasteiger partial charge >= 0.3 is 0 Å². The first-order valence-electron chi connectivity index (χ1n) is 6.51. The molecule has 0 atom stereocenters. The molecular weight excluding hydrogens is 229 g/mol. The summed E-state index contributed by atoms with van der Waals surface area (Å²) >= 11 is 0. The van der Waals surface area contributed by atoms with Crippen LogP contribution in [0.15, 0.2) is 18.2 Å². The van der Waals surface area contributed by atoms with Crippen molar-refractivity contribution < 1.29 is 4.39 Å². The van der Waals surface area contributed by atoms with Crippen LogP contribution in [0.2, 0.25) is 0 Å². The molecule has 100 valence electrons. The van der Waals surface area contributed by atoms with Crippen LogP contribution in [0, 0.1) is 11.7 Å². The zero-order valence-electron chi connectivity index (χ0n) is 11.2. The van der Waals surface area contributed by atoms with Gasteiger partial charge in [0.05, 0.1) is 11.4 Å². The molecule has 3 nitrogen and oxygen atoms in total. The molecule has 2 rings (SSSR count). The van der Waals surface area contributed by atoms with Crippen LogP contribution < -0.4 is 10.6 Å². The van der Waals surface area contributed by atoms with Crippen LogP contribution >= 0.6 is 0 Å². The topological polar surface area (TPSA) is 32.5 Å². The van der Waals surface area contributed by atoms with E-state index in [2.05, 4.69) is 23.9 Å². The fourth-order valence-electron chi connectivity index (χ4n) is 2.69. The lowest BCUT2D eigenvalue weighted by Gasteiger charge is -2.35. The average Bonchev–Trinajstić information content (AvgIpc) is 2.30. The number of nitrogens with zero attached hydrogens (tertiary/aromatic N) is 2. The minimum absolute atomic E-state index is 0.265. The third-order valence-electron chi connectivity index (χ3n) is 3.57. The van der Waals surface area contributed by atoms with Gasteiger partial charge in [-0.25, -0.2) is 4.39 Å². The maximum Gasteiger partial charge on any atom is 0.125 e. The molecule has 1 aliphatic rings. The second-order valence-corrected chi connectivity index (χ2v) is 5.40. The van der Waals surface area contributed by atoms with E-state index in [-0.39, 0.29) is 5.82 Å². The molecule has 0 saturated carbocycles. The Hall–Kier alpha value is -1.29. The highest BCUT2D eigenvalue weighted by Gasteiger charge is 2.21. The number of rotatable bonds is 3. The first-order valence-corrected chi connectivity index (χ1v) is 6.51. The first kappa shape index (κ1) is 13.1. The number of piperidine rings is 1. The van der Waals surface area contributed by atoms with E-state index in [1.807, 2.05) is 0 Å². The second kappa shape index (κ2) is 5.57. The van der Waals surface area contributed by atoms with E-state index in [4.69, 9.17) is 5.73 Å². The lowest BCUT2D eigenvalue weighted by atomic mass is 9.96. The third-order valence-corrected chi connectivity index (χ3v) is 3.57. The summed E-state index contributed by atoms with van der Waals surface area (Å²) in [5.74, 6) is 0.497. The minimum atomic E-state index is -0.265. The summed E-state index contributed by atoms with van der Waals surface area (Å²) in [4.78, 5) is 4.51. The predicted molar refractivity (Wildman–Crippen MR) is 74.3 cm³/mol. The van der Waals surface area contributed by atoms with Crippen molar-refractivity contribution in [1.82, 2.24) is 4.90 Å². The predicted octanol–water partition coefficient (Wildman–Crippen LogP) is 2.19. The standard InChI is InChI=1S/C14H22FN3/c1-17(2)10-11-5-7-18(8-6-11)14-4-3-12(15)9-13(14)16/h3-4,9,11H,5-8,10,16H2,1-2H3. The Morgan fingerprint density at radius 3 is 2.56 bits per heavy atom. The fourth-order valence-corrected chi connectivity index (χ4v) is 2.69. The van der Waals surface area contributed by atoms with Crippen molar-refractivity contribution in [3.63, 3.8) is 0 Å². The van der Waals surface area contributed by atoms with E-state index in [1.165, 1.54) is 25.0 Å². The maximum absolute atomic E-state index is 13.0. The highest BCUT2D eigenvalue weighted by molar-refractivity contribution is 5.67. The Morgan fingerprint density at radius 1 is 1.33 bits per heavy atom. The zero-order chi connectivity index (χ0) is 13.1. The van der Waals surface area contributed by atoms with Gasteiger partial charge in [-0.15, -0.1) is 0 Å². The molecule has 0 aromatic heterocycles. The maximum atomic E-state index is 13.0. The van der Waals surface area contributed by atoms with E-state index < -0.39 is 0 Å². The van der Waals surface area contributed by atoms with Crippen molar-refractivity contribution in [1.29, 1.82) is 0 Å². The molecule has 2 N–H and O–H groups in total. The molecule has 1 fully saturated rings. The Morgan fingerprint density at radius 2 is 2.00 bits per heavy atom. The summed E-state index contributed by atoms with van der Waals surface area (Å²) in [5.41, 5.74) is 7.39. The number of halogens is 1. The summed E-state index contributed by atoms with van der Waals surface area (Å²) in [5, 5.41) is 0. The number of nitrogens with two attached hydrogens (primary N) is 1. The van der Waals surface area contributed by atoms with E-state index >= 15 is 0 Å². The molecular formula is C14H22FN3. The average molecular weight is 251 g/mol. The number of anilines is 2. The fraction of sp³-hybridized carbons (Fsp3) is 0.571. The molecule has 1 aliphatic heterocycles. The van der Waals surface area contributed by atoms with Crippen LogP contribution in [0.3, 0.4) is 0 Å². The molecule has 1 aromatic rings. The van der Waals surface area contributed by atoms with Crippen molar-refractivity contribution >= 4 is 11.4 Å². The molecule has 4 heteroatoms. The third kappa shape index (κ3) is 3.13. The number of hydrogen-bond acceptors (Lipinski definition) is 3. The Labute approximate surface area is 108 Å². The van der Waals surface area contributed by atoms with Crippen molar-refractivity contribution in [3.05, 3.63) is 24.0 Å². The van der Waals surface area contributed by atoms with Crippen LogP contribution in [0.1, 0.15) is 12.8 Å². The molecule has 0 unspecified atom stereocenters. The molecule has 1 heterocycles. The van der Waals surface area contributed by atoms with E-state index in [1.54, 1.807) is 6.07 Å². The Balaban J connectivity index is 1.97. The molecule has 1 saturated heterocycles. The van der Waals surface area contributed by atoms with Gasteiger partial charge in [0.15, 0.2) is 0 Å². The number of benzene rings is 1. The van der Waals surface area contributed by atoms with Crippen LogP contribution in [0.5, 0.6) is 0 Å². The SMILES string of the molecule is CN(C)CC1CCN(c2ccc(F)cc2N)CC1. The summed E-state index contributed by atoms with van der Waals surface area (Å²) in [6.45, 7) is 3.16. The molecule has 0 bridgehead atoms. The molecule has 0 spiro atoms. The highest BCUT2D eigenvalue weighted by atomic mass is 19.1. The molecule has 1 aromatic carbocycles. The van der Waals surface area contributed by atoms with Gasteiger partial charge in [-0.05, 0) is 51.1 Å². The van der Waals surface area contributed by atoms with Crippen molar-refractivity contribution in [2.75, 3.05) is 44.4 Å². The summed E-state index contributed by atoms with van der Waals surface area (Å²) in [7, 11) is 4.23. The van der Waals surface area contributed by atoms with Crippen molar-refractivity contribution in [3.8, 4) is 0 Å². The van der Waals surface area contributed by atoms with Gasteiger partial charge in [0.25, 0.3) is 0 Å². The largest absolute Gasteiger partial charge is 0.397 e. The quantitative estimate of drug-likeness (QED) is 0.836. The van der Waals surface area contributed by atoms with E-state index in [9.17, 15) is 4.39 Å². The lowest BCUT2D eigenvalue weighted by molar-refractivity contribution is 0.285. The van der Waals surface area contributed by atoms with Gasteiger partial charge in [0.1, 0.15) is 5.82 Å². The lowest BCUT2D eigenvalue weighted by Crippen LogP contribution is -2.37. The van der Waals surface area contributed by atoms with E-state index in [0.717, 1.165) is 31.2 Å². The van der Waals surface area contributed by atoms with Crippen molar-refractivity contribution in [2.45, 2.75) is 12.8 Å². The molecule has 18 heavy (non-hydrogen) atoms. The van der Waals surface area contributed by atoms with Gasteiger partial charge in [-0.3, -0.25) is 0 Å². The Kier molecular flexibility index (Phi) is 4.07. The monoisotopic (exact) mass is 251 g/mol. The molecule has 0 radical (unpaired) electrons. The van der Waals surface area contributed by atoms with Gasteiger partial charge in [0.2, 0.25) is 0 Å². The normalized spacial score (nSPS) is 17.4.